The number of imidazole rings is 2. The van der Waals surface area contributed by atoms with E-state index in [0.29, 0.717) is 40.8 Å². The first-order valence-corrected chi connectivity index (χ1v) is 21.2. The van der Waals surface area contributed by atoms with Gasteiger partial charge in [-0.2, -0.15) is 0 Å². The molecule has 7 rings (SSSR count). The molecule has 6 N–H and O–H groups in total. The number of ether oxygens (including phenoxy) is 2. The van der Waals surface area contributed by atoms with Crippen molar-refractivity contribution in [3.63, 3.8) is 0 Å². The van der Waals surface area contributed by atoms with Crippen molar-refractivity contribution in [1.29, 1.82) is 0 Å². The van der Waals surface area contributed by atoms with Crippen molar-refractivity contribution in [3.05, 3.63) is 59.7 Å². The molecule has 19 heteroatoms. The van der Waals surface area contributed by atoms with Crippen molar-refractivity contribution >= 4 is 75.3 Å². The lowest BCUT2D eigenvalue weighted by molar-refractivity contribution is -0.138. The highest BCUT2D eigenvalue weighted by Crippen LogP contribution is 2.34. The van der Waals surface area contributed by atoms with Crippen LogP contribution in [0.2, 0.25) is 0 Å². The van der Waals surface area contributed by atoms with Gasteiger partial charge in [0.25, 0.3) is 11.8 Å². The number of anilines is 2. The number of carbonyl (C=O) groups excluding carboxylic acids is 7. The monoisotopic (exact) mass is 864 g/mol. The Morgan fingerprint density at radius 2 is 1.24 bits per heavy atom. The fraction of sp³-hybridized carbons (Fsp3) is 0.432. The summed E-state index contributed by atoms with van der Waals surface area (Å²) < 4.78 is 15.5. The molecule has 0 saturated heterocycles. The van der Waals surface area contributed by atoms with Gasteiger partial charge in [-0.3, -0.25) is 49.1 Å². The van der Waals surface area contributed by atoms with Crippen LogP contribution in [0.1, 0.15) is 84.9 Å². The van der Waals surface area contributed by atoms with E-state index in [1.54, 1.807) is 22.2 Å². The minimum atomic E-state index is -0.704. The number of rotatable bonds is 19. The van der Waals surface area contributed by atoms with Crippen molar-refractivity contribution < 1.29 is 43.0 Å². The Morgan fingerprint density at radius 1 is 0.762 bits per heavy atom. The first kappa shape index (κ1) is 44.0. The van der Waals surface area contributed by atoms with E-state index >= 15 is 0 Å². The van der Waals surface area contributed by atoms with Crippen LogP contribution in [0.15, 0.2) is 48.6 Å². The third-order valence-electron chi connectivity index (χ3n) is 11.8. The summed E-state index contributed by atoms with van der Waals surface area (Å²) in [5, 5.41) is 6.01. The Hall–Kier alpha value is -7.05. The zero-order chi connectivity index (χ0) is 44.8. The molecule has 2 aromatic carbocycles. The molecule has 2 fully saturated rings. The van der Waals surface area contributed by atoms with Crippen LogP contribution in [-0.4, -0.2) is 104 Å². The number of hydrogen-bond acceptors (Lipinski definition) is 11. The number of primary amides is 2. The molecule has 332 valence electrons. The number of benzene rings is 2. The highest BCUT2D eigenvalue weighted by molar-refractivity contribution is 6.13. The number of nitrogens with one attached hydrogen (secondary N) is 2. The lowest BCUT2D eigenvalue weighted by Gasteiger charge is -2.19. The molecule has 0 spiro atoms. The summed E-state index contributed by atoms with van der Waals surface area (Å²) in [6.07, 6.45) is 13.4. The van der Waals surface area contributed by atoms with E-state index in [-0.39, 0.29) is 91.0 Å². The van der Waals surface area contributed by atoms with Gasteiger partial charge < -0.3 is 35.0 Å². The number of hydrogen-bond donors (Lipinski definition) is 4. The van der Waals surface area contributed by atoms with Gasteiger partial charge in [0.15, 0.2) is 0 Å². The Labute approximate surface area is 362 Å². The van der Waals surface area contributed by atoms with Gasteiger partial charge >= 0.3 is 0 Å². The predicted molar refractivity (Wildman–Crippen MR) is 232 cm³/mol. The molecule has 0 radical (unpaired) electrons. The minimum Gasteiger partial charge on any atom is -0.494 e. The molecule has 0 unspecified atom stereocenters. The lowest BCUT2D eigenvalue weighted by atomic mass is 10.1. The lowest BCUT2D eigenvalue weighted by Crippen LogP contribution is -2.36. The van der Waals surface area contributed by atoms with E-state index in [0.717, 1.165) is 56.3 Å². The smallest absolute Gasteiger partial charge is 0.253 e. The summed E-state index contributed by atoms with van der Waals surface area (Å²) in [5.41, 5.74) is 13.5. The zero-order valence-corrected chi connectivity index (χ0v) is 35.4. The minimum absolute atomic E-state index is 0.0245. The van der Waals surface area contributed by atoms with Crippen LogP contribution in [0.4, 0.5) is 11.9 Å². The molecular formula is C44H52N10O9. The number of nitrogens with zero attached hydrogens (tertiary/aromatic N) is 6. The number of carbonyl (C=O) groups is 7. The van der Waals surface area contributed by atoms with E-state index in [2.05, 4.69) is 10.6 Å². The molecule has 2 aromatic heterocycles. The molecule has 63 heavy (non-hydrogen) atoms. The summed E-state index contributed by atoms with van der Waals surface area (Å²) in [6.45, 7) is 0.779. The fourth-order valence-electron chi connectivity index (χ4n) is 8.38. The Kier molecular flexibility index (Phi) is 13.5. The van der Waals surface area contributed by atoms with Gasteiger partial charge in [-0.15, -0.1) is 0 Å². The second-order valence-corrected chi connectivity index (χ2v) is 16.1. The van der Waals surface area contributed by atoms with Gasteiger partial charge in [0.2, 0.25) is 41.4 Å². The second-order valence-electron chi connectivity index (χ2n) is 16.1. The summed E-state index contributed by atoms with van der Waals surface area (Å²) in [4.78, 5) is 100. The quantitative estimate of drug-likeness (QED) is 0.0601. The van der Waals surface area contributed by atoms with Gasteiger partial charge in [0.1, 0.15) is 22.5 Å². The number of nitrogens with two attached hydrogens (primary N) is 2. The molecule has 3 aliphatic rings. The largest absolute Gasteiger partial charge is 0.494 e. The molecule has 3 heterocycles. The summed E-state index contributed by atoms with van der Waals surface area (Å²) in [7, 11) is 3.09. The highest BCUT2D eigenvalue weighted by atomic mass is 16.5. The summed E-state index contributed by atoms with van der Waals surface area (Å²) in [6, 6.07) is 6.15. The van der Waals surface area contributed by atoms with Crippen molar-refractivity contribution in [2.45, 2.75) is 77.3 Å². The molecular weight excluding hydrogens is 813 g/mol. The Bertz CT molecular complexity index is 2510. The van der Waals surface area contributed by atoms with Gasteiger partial charge in [-0.25, -0.2) is 9.97 Å². The van der Waals surface area contributed by atoms with Crippen molar-refractivity contribution in [2.75, 3.05) is 44.5 Å². The first-order chi connectivity index (χ1) is 30.3. The van der Waals surface area contributed by atoms with Crippen molar-refractivity contribution in [1.82, 2.24) is 28.9 Å². The van der Waals surface area contributed by atoms with Gasteiger partial charge in [-0.1, -0.05) is 37.8 Å². The van der Waals surface area contributed by atoms with E-state index in [9.17, 15) is 33.6 Å². The van der Waals surface area contributed by atoms with Gasteiger partial charge in [0.05, 0.1) is 24.8 Å². The molecule has 1 aliphatic heterocycles. The maximum absolute atomic E-state index is 13.5. The molecule has 4 aromatic rings. The molecule has 0 atom stereocenters. The molecule has 2 aliphatic carbocycles. The van der Waals surface area contributed by atoms with Crippen molar-refractivity contribution in [3.8, 4) is 11.5 Å². The SMILES string of the molecule is COc1cc(C(N)=O)cc2nc(NC(=O)C3CCCC3)n(C/C=C/Cn3c(NC(=O)C4CCCC4)nc4cc(C(N)=O)cc(OCCCN(C)C(=O)CCN5C(=O)C=CC5=O)c43)c12. The Morgan fingerprint density at radius 3 is 1.71 bits per heavy atom. The number of methoxy groups -OCH3 is 1. The van der Waals surface area contributed by atoms with E-state index in [1.165, 1.54) is 42.4 Å². The normalized spacial score (nSPS) is 15.6. The average Bonchev–Trinajstić information content (AvgIpc) is 4.12. The molecule has 2 saturated carbocycles. The standard InChI is InChI=1S/C44H52N10O9/c1-51(34(55)16-20-52-35(56)14-15-36(52)57)17-9-21-63-33-25-29(40(46)59)23-31-38(33)54(44(48-31)50-42(61)27-12-5-6-13-27)19-8-7-18-53-37-30(22-28(39(45)58)24-32(37)62-2)47-43(53)49-41(60)26-10-3-4-11-26/h7-8,14-15,22-27H,3-6,9-13,16-21H2,1-2H3,(H2,45,58)(H2,46,59)(H,47,49,60)(H,48,50,61)/b8-7+. The third kappa shape index (κ3) is 9.87. The first-order valence-electron chi connectivity index (χ1n) is 21.2. The van der Waals surface area contributed by atoms with Gasteiger partial charge in [0, 0.05) is 74.8 Å². The maximum atomic E-state index is 13.5. The third-order valence-corrected chi connectivity index (χ3v) is 11.8. The van der Waals surface area contributed by atoms with E-state index < -0.39 is 23.6 Å². The van der Waals surface area contributed by atoms with Gasteiger partial charge in [-0.05, 0) is 56.4 Å². The zero-order valence-electron chi connectivity index (χ0n) is 35.4. The van der Waals surface area contributed by atoms with Crippen LogP contribution in [0.3, 0.4) is 0 Å². The maximum Gasteiger partial charge on any atom is 0.253 e. The number of allylic oxidation sites excluding steroid dienone is 2. The molecule has 0 bridgehead atoms. The van der Waals surface area contributed by atoms with E-state index in [1.807, 2.05) is 12.2 Å². The fourth-order valence-corrected chi connectivity index (χ4v) is 8.38. The van der Waals surface area contributed by atoms with Crippen LogP contribution in [-0.2, 0) is 37.1 Å². The number of amides is 7. The summed E-state index contributed by atoms with van der Waals surface area (Å²) in [5.74, 6) is -1.98. The number of fused-ring (bicyclic) bond motifs is 2. The number of aromatic nitrogens is 4. The second kappa shape index (κ2) is 19.3. The highest BCUT2D eigenvalue weighted by Gasteiger charge is 2.28. The van der Waals surface area contributed by atoms with Crippen LogP contribution in [0, 0.1) is 11.8 Å². The van der Waals surface area contributed by atoms with Crippen LogP contribution < -0.4 is 31.6 Å². The van der Waals surface area contributed by atoms with Crippen LogP contribution in [0.25, 0.3) is 22.1 Å². The van der Waals surface area contributed by atoms with Crippen LogP contribution >= 0.6 is 0 Å². The number of imide groups is 1. The molecule has 7 amide bonds. The Balaban J connectivity index is 1.15. The van der Waals surface area contributed by atoms with Crippen molar-refractivity contribution in [2.24, 2.45) is 23.3 Å². The molecule has 19 nitrogen and oxygen atoms in total. The topological polar surface area (TPSA) is 256 Å². The predicted octanol–water partition coefficient (Wildman–Crippen LogP) is 3.65. The van der Waals surface area contributed by atoms with Crippen LogP contribution in [0.5, 0.6) is 11.5 Å². The van der Waals surface area contributed by atoms with E-state index in [4.69, 9.17) is 30.9 Å². The summed E-state index contributed by atoms with van der Waals surface area (Å²) >= 11 is 0. The average molecular weight is 865 g/mol.